The van der Waals surface area contributed by atoms with Crippen LogP contribution in [0.5, 0.6) is 0 Å². The Morgan fingerprint density at radius 2 is 1.65 bits per heavy atom. The highest BCUT2D eigenvalue weighted by Crippen LogP contribution is 2.35. The van der Waals surface area contributed by atoms with Crippen molar-refractivity contribution in [2.24, 2.45) is 5.92 Å². The highest BCUT2D eigenvalue weighted by Gasteiger charge is 2.37. The number of nitrogens with one attached hydrogen (secondary N) is 3. The molecule has 6 nitrogen and oxygen atoms in total. The molecule has 0 radical (unpaired) electrons. The Hall–Kier alpha value is -1.92. The molecule has 2 aliphatic heterocycles. The van der Waals surface area contributed by atoms with E-state index in [1.165, 1.54) is 53.9 Å². The summed E-state index contributed by atoms with van der Waals surface area (Å²) in [6.45, 7) is 10.1. The maximum atomic E-state index is 13.1. The average Bonchev–Trinajstić information content (AvgIpc) is 2.78. The van der Waals surface area contributed by atoms with E-state index in [2.05, 4.69) is 30.1 Å². The predicted octanol–water partition coefficient (Wildman–Crippen LogP) is 0.207. The van der Waals surface area contributed by atoms with Crippen molar-refractivity contribution in [3.8, 4) is 0 Å². The molecule has 170 valence electrons. The number of quaternary nitrogens is 2. The lowest BCUT2D eigenvalue weighted by atomic mass is 9.78. The number of amides is 2. The Bertz CT molecular complexity index is 786. The van der Waals surface area contributed by atoms with Gasteiger partial charge in [-0.1, -0.05) is 25.0 Å². The summed E-state index contributed by atoms with van der Waals surface area (Å²) in [5.74, 6) is 1.20. The van der Waals surface area contributed by atoms with Crippen molar-refractivity contribution in [2.45, 2.75) is 58.4 Å². The lowest BCUT2D eigenvalue weighted by Crippen LogP contribution is -3.28. The standard InChI is InChI=1S/C25H38N4O2/c1-19-7-5-10-22(20(19)2)26-24(30)17-27-13-15-28(16-14-27)18-25(31)29-12-6-9-21-8-3-4-11-23(21)29/h5,7,10,21,23H,3-4,6,8-9,11-18H2,1-2H3,(H,26,30)/p+2/t21-,23-/m0/s1. The van der Waals surface area contributed by atoms with E-state index in [1.54, 1.807) is 0 Å². The molecule has 4 rings (SSSR count). The molecule has 0 unspecified atom stereocenters. The molecule has 1 saturated carbocycles. The molecule has 1 aromatic rings. The summed E-state index contributed by atoms with van der Waals surface area (Å²) < 4.78 is 0. The number of piperidine rings is 1. The summed E-state index contributed by atoms with van der Waals surface area (Å²) >= 11 is 0. The molecular weight excluding hydrogens is 388 g/mol. The summed E-state index contributed by atoms with van der Waals surface area (Å²) in [6, 6.07) is 6.54. The van der Waals surface area contributed by atoms with Gasteiger partial charge in [0.05, 0.1) is 0 Å². The predicted molar refractivity (Wildman–Crippen MR) is 122 cm³/mol. The Kier molecular flexibility index (Phi) is 7.28. The molecule has 2 atom stereocenters. The third kappa shape index (κ3) is 5.47. The van der Waals surface area contributed by atoms with E-state index in [0.29, 0.717) is 25.0 Å². The van der Waals surface area contributed by atoms with E-state index in [1.807, 2.05) is 12.1 Å². The quantitative estimate of drug-likeness (QED) is 0.628. The maximum absolute atomic E-state index is 13.1. The van der Waals surface area contributed by atoms with Gasteiger partial charge in [-0.2, -0.15) is 0 Å². The second-order valence-corrected chi connectivity index (χ2v) is 9.99. The molecule has 0 aromatic heterocycles. The van der Waals surface area contributed by atoms with Gasteiger partial charge in [0.15, 0.2) is 13.1 Å². The van der Waals surface area contributed by atoms with Gasteiger partial charge < -0.3 is 20.0 Å². The molecule has 3 N–H and O–H groups in total. The van der Waals surface area contributed by atoms with Crippen molar-refractivity contribution in [3.05, 3.63) is 29.3 Å². The Morgan fingerprint density at radius 3 is 2.42 bits per heavy atom. The Balaban J connectivity index is 1.22. The fourth-order valence-electron chi connectivity index (χ4n) is 5.87. The number of aryl methyl sites for hydroxylation is 1. The highest BCUT2D eigenvalue weighted by atomic mass is 16.2. The zero-order valence-corrected chi connectivity index (χ0v) is 19.3. The minimum Gasteiger partial charge on any atom is -0.335 e. The van der Waals surface area contributed by atoms with Crippen molar-refractivity contribution in [3.63, 3.8) is 0 Å². The number of nitrogens with zero attached hydrogens (tertiary/aromatic N) is 1. The van der Waals surface area contributed by atoms with E-state index in [0.717, 1.165) is 49.9 Å². The van der Waals surface area contributed by atoms with Crippen LogP contribution in [-0.4, -0.2) is 68.6 Å². The Morgan fingerprint density at radius 1 is 0.968 bits per heavy atom. The van der Waals surface area contributed by atoms with E-state index in [4.69, 9.17) is 0 Å². The molecule has 2 heterocycles. The molecule has 0 spiro atoms. The van der Waals surface area contributed by atoms with E-state index >= 15 is 0 Å². The van der Waals surface area contributed by atoms with Gasteiger partial charge in [0.25, 0.3) is 11.8 Å². The van der Waals surface area contributed by atoms with E-state index in [-0.39, 0.29) is 5.91 Å². The first kappa shape index (κ1) is 22.3. The van der Waals surface area contributed by atoms with Gasteiger partial charge in [-0.15, -0.1) is 0 Å². The highest BCUT2D eigenvalue weighted by molar-refractivity contribution is 5.92. The number of fused-ring (bicyclic) bond motifs is 1. The smallest absolute Gasteiger partial charge is 0.279 e. The van der Waals surface area contributed by atoms with Crippen LogP contribution in [0.15, 0.2) is 18.2 Å². The average molecular weight is 429 g/mol. The first-order valence-electron chi connectivity index (χ1n) is 12.3. The third-order valence-electron chi connectivity index (χ3n) is 7.92. The lowest BCUT2D eigenvalue weighted by Gasteiger charge is -2.44. The van der Waals surface area contributed by atoms with Gasteiger partial charge in [-0.05, 0) is 62.6 Å². The first-order chi connectivity index (χ1) is 15.0. The number of carbonyl (C=O) groups excluding carboxylic acids is 2. The summed E-state index contributed by atoms with van der Waals surface area (Å²) in [6.07, 6.45) is 7.63. The number of likely N-dealkylation sites (tertiary alicyclic amines) is 1. The van der Waals surface area contributed by atoms with Gasteiger partial charge in [0.1, 0.15) is 26.2 Å². The maximum Gasteiger partial charge on any atom is 0.279 e. The third-order valence-corrected chi connectivity index (χ3v) is 7.92. The first-order valence-corrected chi connectivity index (χ1v) is 12.3. The molecule has 1 aliphatic carbocycles. The number of anilines is 1. The molecule has 3 fully saturated rings. The van der Waals surface area contributed by atoms with Crippen molar-refractivity contribution in [2.75, 3.05) is 51.1 Å². The van der Waals surface area contributed by atoms with Gasteiger partial charge in [0, 0.05) is 18.3 Å². The lowest BCUT2D eigenvalue weighted by molar-refractivity contribution is -1.00. The van der Waals surface area contributed by atoms with Crippen LogP contribution in [-0.2, 0) is 9.59 Å². The second-order valence-electron chi connectivity index (χ2n) is 9.99. The van der Waals surface area contributed by atoms with Crippen LogP contribution in [0.1, 0.15) is 49.7 Å². The van der Waals surface area contributed by atoms with Gasteiger partial charge in [0.2, 0.25) is 0 Å². The fraction of sp³-hybridized carbons (Fsp3) is 0.680. The monoisotopic (exact) mass is 428 g/mol. The van der Waals surface area contributed by atoms with E-state index in [9.17, 15) is 9.59 Å². The van der Waals surface area contributed by atoms with Crippen LogP contribution in [0.25, 0.3) is 0 Å². The van der Waals surface area contributed by atoms with Crippen LogP contribution < -0.4 is 15.1 Å². The largest absolute Gasteiger partial charge is 0.335 e. The summed E-state index contributed by atoms with van der Waals surface area (Å²) in [4.78, 5) is 30.6. The zero-order valence-electron chi connectivity index (χ0n) is 19.3. The fourth-order valence-corrected chi connectivity index (χ4v) is 5.87. The van der Waals surface area contributed by atoms with Crippen molar-refractivity contribution < 1.29 is 19.4 Å². The minimum atomic E-state index is 0.0832. The van der Waals surface area contributed by atoms with Crippen molar-refractivity contribution >= 4 is 17.5 Å². The molecule has 2 saturated heterocycles. The van der Waals surface area contributed by atoms with Gasteiger partial charge >= 0.3 is 0 Å². The number of hydrogen-bond acceptors (Lipinski definition) is 2. The summed E-state index contributed by atoms with van der Waals surface area (Å²) in [7, 11) is 0. The molecule has 3 aliphatic rings. The normalized spacial score (nSPS) is 28.6. The van der Waals surface area contributed by atoms with Gasteiger partial charge in [-0.25, -0.2) is 0 Å². The van der Waals surface area contributed by atoms with Gasteiger partial charge in [-0.3, -0.25) is 9.59 Å². The number of benzene rings is 1. The van der Waals surface area contributed by atoms with Crippen LogP contribution in [0.2, 0.25) is 0 Å². The SMILES string of the molecule is Cc1cccc(NC(=O)C[NH+]2CC[NH+](CC(=O)N3CCC[C@@H]4CCCC[C@@H]43)CC2)c1C. The topological polar surface area (TPSA) is 58.3 Å². The molecule has 31 heavy (non-hydrogen) atoms. The number of piperazine rings is 1. The number of hydrogen-bond donors (Lipinski definition) is 3. The van der Waals surface area contributed by atoms with E-state index < -0.39 is 0 Å². The molecule has 0 bridgehead atoms. The van der Waals surface area contributed by atoms with Crippen LogP contribution in [0.4, 0.5) is 5.69 Å². The molecule has 6 heteroatoms. The zero-order chi connectivity index (χ0) is 21.8. The second kappa shape index (κ2) is 10.1. The van der Waals surface area contributed by atoms with Crippen molar-refractivity contribution in [1.29, 1.82) is 0 Å². The van der Waals surface area contributed by atoms with Crippen LogP contribution in [0.3, 0.4) is 0 Å². The van der Waals surface area contributed by atoms with Crippen LogP contribution >= 0.6 is 0 Å². The number of rotatable bonds is 5. The number of carbonyl (C=O) groups is 2. The molecule has 2 amide bonds. The summed E-state index contributed by atoms with van der Waals surface area (Å²) in [5, 5.41) is 3.08. The summed E-state index contributed by atoms with van der Waals surface area (Å²) in [5.41, 5.74) is 3.25. The molecular formula is C25H40N4O2+2. The minimum absolute atomic E-state index is 0.0832. The van der Waals surface area contributed by atoms with Crippen molar-refractivity contribution in [1.82, 2.24) is 4.90 Å². The Labute approximate surface area is 187 Å². The van der Waals surface area contributed by atoms with Crippen LogP contribution in [0, 0.1) is 19.8 Å². The molecule has 1 aromatic carbocycles.